The molecule has 0 spiro atoms. The largest absolute Gasteiger partial charge is 0.493 e. The number of hydrogen-bond acceptors (Lipinski definition) is 10. The van der Waals surface area contributed by atoms with E-state index in [0.717, 1.165) is 170 Å². The number of fused-ring (bicyclic) bond motifs is 8. The summed E-state index contributed by atoms with van der Waals surface area (Å²) in [6.45, 7) is 20.1. The highest BCUT2D eigenvalue weighted by atomic mass is 16.5. The van der Waals surface area contributed by atoms with Crippen LogP contribution in [-0.2, 0) is 70.4 Å². The second kappa shape index (κ2) is 38.5. The van der Waals surface area contributed by atoms with Gasteiger partial charge in [-0.25, -0.2) is 4.79 Å². The van der Waals surface area contributed by atoms with Crippen molar-refractivity contribution in [1.29, 1.82) is 0 Å². The molecular formula is C72H106O10. The summed E-state index contributed by atoms with van der Waals surface area (Å²) in [5.41, 5.74) is 14.1. The quantitative estimate of drug-likeness (QED) is 0.0222. The van der Waals surface area contributed by atoms with Gasteiger partial charge in [-0.2, -0.15) is 0 Å². The average Bonchev–Trinajstić information content (AvgIpc) is 3.46. The molecule has 0 fully saturated rings. The number of aliphatic hydroxyl groups is 2. The Morgan fingerprint density at radius 1 is 0.402 bits per heavy atom. The van der Waals surface area contributed by atoms with Crippen molar-refractivity contribution in [3.63, 3.8) is 0 Å². The Kier molecular flexibility index (Phi) is 31.7. The van der Waals surface area contributed by atoms with E-state index >= 15 is 0 Å². The zero-order valence-electron chi connectivity index (χ0n) is 52.0. The molecule has 2 N–H and O–H groups in total. The Labute approximate surface area is 495 Å². The van der Waals surface area contributed by atoms with E-state index < -0.39 is 5.97 Å². The zero-order valence-corrected chi connectivity index (χ0v) is 52.0. The highest BCUT2D eigenvalue weighted by Crippen LogP contribution is 2.42. The molecule has 0 aliphatic heterocycles. The van der Waals surface area contributed by atoms with Gasteiger partial charge >= 0.3 is 11.9 Å². The molecule has 0 radical (unpaired) electrons. The van der Waals surface area contributed by atoms with Crippen molar-refractivity contribution >= 4 is 11.9 Å². The van der Waals surface area contributed by atoms with Crippen LogP contribution in [0.3, 0.4) is 0 Å². The standard InChI is InChI=1S/C72H106O10/c1-9-13-17-21-29-55-41-59-49-63-45-57(31-23-19-15-11-3)47-65(69(63)79-37-27-39-81-71(75)53(5)6)51-61-43-56(30-22-18-14-10-2)44-62(68(61)78-36-26-34-74)52-66-48-58(32-24-20-16-12-4)46-64(50-60(42-55)67(59)77-35-25-33-73)70(66)80-38-28-40-82-72(76)54(7)8/h41-48,54,73-74H,5,9-40,49-52H2,1-4,6-8H3. The molecule has 0 aromatic heterocycles. The first kappa shape index (κ1) is 67.5. The predicted molar refractivity (Wildman–Crippen MR) is 335 cm³/mol. The summed E-state index contributed by atoms with van der Waals surface area (Å²) in [5.74, 6) is 2.52. The topological polar surface area (TPSA) is 130 Å². The summed E-state index contributed by atoms with van der Waals surface area (Å²) in [6, 6.07) is 19.0. The molecule has 0 saturated heterocycles. The van der Waals surface area contributed by atoms with E-state index in [0.29, 0.717) is 83.4 Å². The number of ether oxygens (including phenoxy) is 6. The van der Waals surface area contributed by atoms with Crippen LogP contribution in [0.5, 0.6) is 23.0 Å². The van der Waals surface area contributed by atoms with Gasteiger partial charge in [-0.05, 0) is 125 Å². The van der Waals surface area contributed by atoms with E-state index in [2.05, 4.69) is 82.8 Å². The minimum absolute atomic E-state index is 0.0174. The number of benzene rings is 4. The van der Waals surface area contributed by atoms with E-state index in [1.54, 1.807) is 6.92 Å². The van der Waals surface area contributed by atoms with Gasteiger partial charge in [0.1, 0.15) is 23.0 Å². The van der Waals surface area contributed by atoms with Gasteiger partial charge in [0.2, 0.25) is 0 Å². The lowest BCUT2D eigenvalue weighted by Crippen LogP contribution is -2.15. The molecule has 5 rings (SSSR count). The molecule has 0 heterocycles. The van der Waals surface area contributed by atoms with Crippen LogP contribution in [0.1, 0.15) is 244 Å². The molecule has 82 heavy (non-hydrogen) atoms. The van der Waals surface area contributed by atoms with Crippen LogP contribution in [0, 0.1) is 5.92 Å². The third-order valence-corrected chi connectivity index (χ3v) is 15.5. The summed E-state index contributed by atoms with van der Waals surface area (Å²) >= 11 is 0. The molecule has 4 aromatic carbocycles. The molecule has 0 unspecified atom stereocenters. The van der Waals surface area contributed by atoms with Crippen LogP contribution in [0.15, 0.2) is 60.7 Å². The lowest BCUT2D eigenvalue weighted by Gasteiger charge is -2.25. The minimum Gasteiger partial charge on any atom is -0.493 e. The van der Waals surface area contributed by atoms with Crippen LogP contribution in [0.4, 0.5) is 0 Å². The highest BCUT2D eigenvalue weighted by Gasteiger charge is 2.25. The van der Waals surface area contributed by atoms with Gasteiger partial charge < -0.3 is 38.6 Å². The van der Waals surface area contributed by atoms with Gasteiger partial charge in [-0.1, -0.05) is 174 Å². The van der Waals surface area contributed by atoms with Gasteiger partial charge in [0.25, 0.3) is 0 Å². The Hall–Kier alpha value is -5.32. The fraction of sp³-hybridized carbons (Fsp3) is 0.611. The normalized spacial score (nSPS) is 12.1. The maximum absolute atomic E-state index is 12.6. The molecule has 454 valence electrons. The van der Waals surface area contributed by atoms with Crippen molar-refractivity contribution in [2.45, 2.75) is 228 Å². The second-order valence-electron chi connectivity index (χ2n) is 23.4. The molecule has 4 aromatic rings. The number of carbonyl (C=O) groups is 2. The van der Waals surface area contributed by atoms with Crippen LogP contribution >= 0.6 is 0 Å². The molecular weight excluding hydrogens is 1020 g/mol. The van der Waals surface area contributed by atoms with Crippen molar-refractivity contribution in [3.05, 3.63) is 127 Å². The molecule has 8 bridgehead atoms. The third kappa shape index (κ3) is 23.0. The van der Waals surface area contributed by atoms with Crippen LogP contribution in [-0.4, -0.2) is 75.0 Å². The van der Waals surface area contributed by atoms with Crippen molar-refractivity contribution in [3.8, 4) is 23.0 Å². The van der Waals surface area contributed by atoms with Crippen LogP contribution in [0.2, 0.25) is 0 Å². The summed E-state index contributed by atoms with van der Waals surface area (Å²) in [7, 11) is 0. The number of carbonyl (C=O) groups excluding carboxylic acids is 2. The van der Waals surface area contributed by atoms with E-state index in [1.165, 1.54) is 47.9 Å². The van der Waals surface area contributed by atoms with Gasteiger partial charge in [0, 0.05) is 70.2 Å². The van der Waals surface area contributed by atoms with E-state index in [9.17, 15) is 19.8 Å². The first-order chi connectivity index (χ1) is 39.9. The van der Waals surface area contributed by atoms with Crippen molar-refractivity contribution < 1.29 is 48.2 Å². The molecule has 10 heteroatoms. The fourth-order valence-electron chi connectivity index (χ4n) is 11.1. The first-order valence-electron chi connectivity index (χ1n) is 32.2. The van der Waals surface area contributed by atoms with Crippen molar-refractivity contribution in [2.75, 3.05) is 52.9 Å². The number of aryl methyl sites for hydroxylation is 4. The lowest BCUT2D eigenvalue weighted by molar-refractivity contribution is -0.147. The summed E-state index contributed by atoms with van der Waals surface area (Å²) in [4.78, 5) is 25.1. The summed E-state index contributed by atoms with van der Waals surface area (Å²) < 4.78 is 39.5. The highest BCUT2D eigenvalue weighted by molar-refractivity contribution is 5.86. The number of aliphatic hydroxyl groups excluding tert-OH is 2. The first-order valence-corrected chi connectivity index (χ1v) is 32.2. The molecule has 0 atom stereocenters. The molecule has 1 aliphatic rings. The maximum Gasteiger partial charge on any atom is 0.333 e. The molecule has 1 aliphatic carbocycles. The number of esters is 2. The summed E-state index contributed by atoms with van der Waals surface area (Å²) in [6.07, 6.45) is 26.2. The van der Waals surface area contributed by atoms with Gasteiger partial charge in [0.15, 0.2) is 0 Å². The second-order valence-corrected chi connectivity index (χ2v) is 23.4. The third-order valence-electron chi connectivity index (χ3n) is 15.5. The van der Waals surface area contributed by atoms with E-state index in [1.807, 2.05) is 13.8 Å². The monoisotopic (exact) mass is 1130 g/mol. The van der Waals surface area contributed by atoms with Crippen molar-refractivity contribution in [1.82, 2.24) is 0 Å². The number of unbranched alkanes of at least 4 members (excludes halogenated alkanes) is 12. The number of rotatable bonds is 40. The Balaban J connectivity index is 1.89. The van der Waals surface area contributed by atoms with Crippen LogP contribution < -0.4 is 18.9 Å². The van der Waals surface area contributed by atoms with Gasteiger partial charge in [0.05, 0.1) is 45.6 Å². The SMILES string of the molecule is C=C(C)C(=O)OCCCOc1c2cc(CCCCCC)cc1Cc1cc(CCCCCC)cc(c1OCCCO)Cc1cc(CCCCCC)cc(c1OCCCOC(=O)C(C)C)Cc1cc(CCCCCC)cc(c1OCCCO)C2. The average molecular weight is 1130 g/mol. The lowest BCUT2D eigenvalue weighted by atomic mass is 9.87. The molecule has 0 saturated carbocycles. The van der Waals surface area contributed by atoms with Crippen LogP contribution in [0.25, 0.3) is 0 Å². The molecule has 10 nitrogen and oxygen atoms in total. The zero-order chi connectivity index (χ0) is 58.9. The van der Waals surface area contributed by atoms with Gasteiger partial charge in [-0.15, -0.1) is 0 Å². The Morgan fingerprint density at radius 3 is 0.915 bits per heavy atom. The predicted octanol–water partition coefficient (Wildman–Crippen LogP) is 16.2. The Bertz CT molecular complexity index is 2420. The number of hydrogen-bond donors (Lipinski definition) is 2. The Morgan fingerprint density at radius 2 is 0.671 bits per heavy atom. The van der Waals surface area contributed by atoms with E-state index in [-0.39, 0.29) is 38.3 Å². The van der Waals surface area contributed by atoms with Crippen molar-refractivity contribution in [2.24, 2.45) is 5.92 Å². The van der Waals surface area contributed by atoms with E-state index in [4.69, 9.17) is 28.4 Å². The smallest absolute Gasteiger partial charge is 0.333 e. The fourth-order valence-corrected chi connectivity index (χ4v) is 11.1. The minimum atomic E-state index is -0.405. The molecule has 0 amide bonds. The summed E-state index contributed by atoms with van der Waals surface area (Å²) in [5, 5.41) is 20.4. The maximum atomic E-state index is 12.6. The van der Waals surface area contributed by atoms with Gasteiger partial charge in [-0.3, -0.25) is 4.79 Å².